The molecule has 1 aromatic rings. The summed E-state index contributed by atoms with van der Waals surface area (Å²) in [4.78, 5) is 10.5. The van der Waals surface area contributed by atoms with Crippen LogP contribution in [0, 0.1) is 6.92 Å². The van der Waals surface area contributed by atoms with E-state index in [1.54, 1.807) is 0 Å². The minimum absolute atomic E-state index is 0. The fourth-order valence-electron chi connectivity index (χ4n) is 1.03. The highest BCUT2D eigenvalue weighted by Crippen LogP contribution is 1.89. The number of hydrogen-bond donors (Lipinski definition) is 1. The molecule has 0 spiro atoms. The molecule has 0 saturated carbocycles. The summed E-state index contributed by atoms with van der Waals surface area (Å²) < 4.78 is 1.96. The van der Waals surface area contributed by atoms with Crippen LogP contribution in [0.3, 0.4) is 0 Å². The molecule has 1 heterocycles. The molecule has 4 heteroatoms. The van der Waals surface area contributed by atoms with Gasteiger partial charge in [-0.1, -0.05) is 0 Å². The molecule has 1 amide bonds. The minimum Gasteiger partial charge on any atom is -0.369 e. The van der Waals surface area contributed by atoms with E-state index in [9.17, 15) is 4.79 Å². The van der Waals surface area contributed by atoms with E-state index in [1.165, 1.54) is 5.56 Å². The van der Waals surface area contributed by atoms with Gasteiger partial charge in [0, 0.05) is 11.6 Å². The Bertz CT molecular complexity index is 289. The Morgan fingerprint density at radius 2 is 2.31 bits per heavy atom. The third kappa shape index (κ3) is 4.48. The van der Waals surface area contributed by atoms with Gasteiger partial charge in [-0.05, 0) is 13.0 Å². The van der Waals surface area contributed by atoms with Crippen molar-refractivity contribution >= 4 is 18.3 Å². The predicted molar refractivity (Wildman–Crippen MR) is 52.4 cm³/mol. The Morgan fingerprint density at radius 3 is 2.85 bits per heavy atom. The van der Waals surface area contributed by atoms with Crippen molar-refractivity contribution in [1.82, 2.24) is 0 Å². The third-order valence-corrected chi connectivity index (χ3v) is 1.62. The Morgan fingerprint density at radius 1 is 1.62 bits per heavy atom. The van der Waals surface area contributed by atoms with Gasteiger partial charge < -0.3 is 5.73 Å². The normalized spacial score (nSPS) is 9.00. The zero-order valence-corrected chi connectivity index (χ0v) is 8.38. The number of pyridine rings is 1. The molecule has 0 fully saturated rings. The molecule has 2 N–H and O–H groups in total. The van der Waals surface area contributed by atoms with Crippen LogP contribution >= 0.6 is 12.4 Å². The first-order valence-electron chi connectivity index (χ1n) is 3.92. The number of aromatic nitrogens is 1. The zero-order chi connectivity index (χ0) is 8.97. The predicted octanol–water partition coefficient (Wildman–Crippen LogP) is 0.580. The highest BCUT2D eigenvalue weighted by Gasteiger charge is 2.02. The van der Waals surface area contributed by atoms with E-state index >= 15 is 0 Å². The average Bonchev–Trinajstić information content (AvgIpc) is 2.01. The van der Waals surface area contributed by atoms with Gasteiger partial charge in [0.05, 0.1) is 6.42 Å². The number of primary amides is 1. The number of nitrogens with two attached hydrogens (primary N) is 1. The molecule has 0 radical (unpaired) electrons. The van der Waals surface area contributed by atoms with Crippen LogP contribution in [0.5, 0.6) is 0 Å². The number of rotatable bonds is 3. The number of carbonyl (C=O) groups excluding carboxylic acids is 1. The topological polar surface area (TPSA) is 47.0 Å². The van der Waals surface area contributed by atoms with E-state index in [4.69, 9.17) is 5.73 Å². The molecule has 0 aliphatic carbocycles. The molecular weight excluding hydrogens is 188 g/mol. The summed E-state index contributed by atoms with van der Waals surface area (Å²) in [5.41, 5.74) is 6.21. The van der Waals surface area contributed by atoms with Crippen LogP contribution in [0.2, 0.25) is 0 Å². The van der Waals surface area contributed by atoms with Crippen LogP contribution in [0.1, 0.15) is 12.0 Å². The lowest BCUT2D eigenvalue weighted by Gasteiger charge is -1.94. The van der Waals surface area contributed by atoms with Crippen LogP contribution in [-0.4, -0.2) is 5.91 Å². The van der Waals surface area contributed by atoms with Crippen molar-refractivity contribution in [3.05, 3.63) is 30.1 Å². The number of hydrogen-bond acceptors (Lipinski definition) is 1. The Labute approximate surface area is 84.0 Å². The van der Waals surface area contributed by atoms with Crippen molar-refractivity contribution < 1.29 is 9.36 Å². The van der Waals surface area contributed by atoms with Crippen LogP contribution in [0.4, 0.5) is 0 Å². The minimum atomic E-state index is -0.260. The molecule has 72 valence electrons. The number of halogens is 1. The van der Waals surface area contributed by atoms with Gasteiger partial charge in [-0.3, -0.25) is 4.79 Å². The number of carbonyl (C=O) groups is 1. The molecule has 1 aromatic heterocycles. The molecule has 0 atom stereocenters. The molecule has 0 aromatic carbocycles. The van der Waals surface area contributed by atoms with E-state index in [0.717, 1.165) is 0 Å². The van der Waals surface area contributed by atoms with Gasteiger partial charge in [0.15, 0.2) is 18.9 Å². The summed E-state index contributed by atoms with van der Waals surface area (Å²) in [6.07, 6.45) is 4.31. The van der Waals surface area contributed by atoms with E-state index in [1.807, 2.05) is 36.0 Å². The highest BCUT2D eigenvalue weighted by molar-refractivity contribution is 5.85. The largest absolute Gasteiger partial charge is 0.369 e. The Hall–Kier alpha value is -1.09. The van der Waals surface area contributed by atoms with Crippen LogP contribution in [0.15, 0.2) is 24.5 Å². The fourth-order valence-corrected chi connectivity index (χ4v) is 1.03. The van der Waals surface area contributed by atoms with Crippen molar-refractivity contribution in [2.45, 2.75) is 19.9 Å². The van der Waals surface area contributed by atoms with Crippen LogP contribution < -0.4 is 10.3 Å². The summed E-state index contributed by atoms with van der Waals surface area (Å²) in [5.74, 6) is -0.260. The molecule has 3 nitrogen and oxygen atoms in total. The first-order valence-corrected chi connectivity index (χ1v) is 3.92. The maximum Gasteiger partial charge on any atom is 0.223 e. The maximum absolute atomic E-state index is 10.5. The highest BCUT2D eigenvalue weighted by atomic mass is 35.5. The van der Waals surface area contributed by atoms with Crippen molar-refractivity contribution in [2.75, 3.05) is 0 Å². The average molecular weight is 202 g/mol. The van der Waals surface area contributed by atoms with Crippen molar-refractivity contribution in [3.8, 4) is 0 Å². The van der Waals surface area contributed by atoms with E-state index in [0.29, 0.717) is 13.0 Å². The molecule has 0 saturated heterocycles. The van der Waals surface area contributed by atoms with Gasteiger partial charge in [-0.2, -0.15) is 0 Å². The lowest BCUT2D eigenvalue weighted by Crippen LogP contribution is -2.35. The summed E-state index contributed by atoms with van der Waals surface area (Å²) in [6, 6.07) is 3.97. The summed E-state index contributed by atoms with van der Waals surface area (Å²) in [7, 11) is 0. The number of aryl methyl sites for hydroxylation is 2. The van der Waals surface area contributed by atoms with Crippen molar-refractivity contribution in [1.29, 1.82) is 0 Å². The molecule has 1 rings (SSSR count). The molecule has 0 unspecified atom stereocenters. The van der Waals surface area contributed by atoms with Crippen molar-refractivity contribution in [2.24, 2.45) is 5.73 Å². The summed E-state index contributed by atoms with van der Waals surface area (Å²) in [5, 5.41) is 0. The maximum atomic E-state index is 10.5. The Balaban J connectivity index is 0.00000144. The van der Waals surface area contributed by atoms with Gasteiger partial charge in [0.2, 0.25) is 5.91 Å². The standard InChI is InChI=1S/C9H12N2O.ClH/c1-8-3-2-5-11(7-8)6-4-9(10)12;/h2-3,5,7H,4,6H2,1H3,(H-,10,12);1H/p+1. The SMILES string of the molecule is Cc1ccc[n+](CCC(N)=O)c1.Cl. The smallest absolute Gasteiger partial charge is 0.223 e. The second-order valence-corrected chi connectivity index (χ2v) is 2.84. The third-order valence-electron chi connectivity index (χ3n) is 1.62. The van der Waals surface area contributed by atoms with Crippen LogP contribution in [-0.2, 0) is 11.3 Å². The number of amides is 1. The van der Waals surface area contributed by atoms with E-state index in [-0.39, 0.29) is 18.3 Å². The monoisotopic (exact) mass is 201 g/mol. The molecular formula is C9H14ClN2O+. The first kappa shape index (κ1) is 11.9. The van der Waals surface area contributed by atoms with Gasteiger partial charge in [-0.25, -0.2) is 4.57 Å². The zero-order valence-electron chi connectivity index (χ0n) is 7.56. The Kier molecular flexibility index (Phi) is 5.07. The van der Waals surface area contributed by atoms with Gasteiger partial charge in [0.25, 0.3) is 0 Å². The molecule has 0 bridgehead atoms. The first-order chi connectivity index (χ1) is 5.68. The molecule has 13 heavy (non-hydrogen) atoms. The van der Waals surface area contributed by atoms with Gasteiger partial charge >= 0.3 is 0 Å². The molecule has 0 aliphatic heterocycles. The second kappa shape index (κ2) is 5.54. The lowest BCUT2D eigenvalue weighted by atomic mass is 10.3. The quantitative estimate of drug-likeness (QED) is 0.715. The number of nitrogens with zero attached hydrogens (tertiary/aromatic N) is 1. The van der Waals surface area contributed by atoms with Crippen LogP contribution in [0.25, 0.3) is 0 Å². The summed E-state index contributed by atoms with van der Waals surface area (Å²) in [6.45, 7) is 2.68. The second-order valence-electron chi connectivity index (χ2n) is 2.84. The van der Waals surface area contributed by atoms with E-state index < -0.39 is 0 Å². The fraction of sp³-hybridized carbons (Fsp3) is 0.333. The lowest BCUT2D eigenvalue weighted by molar-refractivity contribution is -0.696. The van der Waals surface area contributed by atoms with Gasteiger partial charge in [0.1, 0.15) is 0 Å². The van der Waals surface area contributed by atoms with E-state index in [2.05, 4.69) is 0 Å². The van der Waals surface area contributed by atoms with Gasteiger partial charge in [-0.15, -0.1) is 12.4 Å². The molecule has 0 aliphatic rings. The summed E-state index contributed by atoms with van der Waals surface area (Å²) >= 11 is 0. The van der Waals surface area contributed by atoms with Crippen molar-refractivity contribution in [3.63, 3.8) is 0 Å².